The second-order valence-electron chi connectivity index (χ2n) is 6.22. The second kappa shape index (κ2) is 5.67. The molecule has 0 aliphatic carbocycles. The summed E-state index contributed by atoms with van der Waals surface area (Å²) in [6.07, 6.45) is 2.38. The molecule has 7 nitrogen and oxygen atoms in total. The molecule has 1 saturated heterocycles. The normalized spacial score (nSPS) is 20.5. The number of carbonyl (C=O) groups excluding carboxylic acids is 3. The van der Waals surface area contributed by atoms with Crippen molar-refractivity contribution in [2.75, 3.05) is 11.9 Å². The zero-order valence-electron chi connectivity index (χ0n) is 13.9. The van der Waals surface area contributed by atoms with Gasteiger partial charge in [0, 0.05) is 24.1 Å². The van der Waals surface area contributed by atoms with Crippen LogP contribution in [-0.4, -0.2) is 39.4 Å². The van der Waals surface area contributed by atoms with Crippen molar-refractivity contribution in [3.63, 3.8) is 0 Å². The molecular formula is C17H20N4O3. The van der Waals surface area contributed by atoms with Crippen molar-refractivity contribution in [1.82, 2.24) is 14.8 Å². The van der Waals surface area contributed by atoms with Crippen molar-refractivity contribution in [1.29, 1.82) is 0 Å². The molecule has 0 saturated carbocycles. The maximum Gasteiger partial charge on any atom is 0.325 e. The predicted molar refractivity (Wildman–Crippen MR) is 90.5 cm³/mol. The number of hydrogen-bond donors (Lipinski definition) is 2. The van der Waals surface area contributed by atoms with Crippen molar-refractivity contribution in [2.24, 2.45) is 7.05 Å². The summed E-state index contributed by atoms with van der Waals surface area (Å²) >= 11 is 0. The first-order chi connectivity index (χ1) is 11.4. The van der Waals surface area contributed by atoms with Gasteiger partial charge in [-0.2, -0.15) is 0 Å². The first-order valence-corrected chi connectivity index (χ1v) is 7.84. The number of hydrogen-bond acceptors (Lipinski definition) is 3. The van der Waals surface area contributed by atoms with E-state index in [1.165, 1.54) is 0 Å². The molecule has 1 fully saturated rings. The van der Waals surface area contributed by atoms with E-state index in [1.807, 2.05) is 42.9 Å². The van der Waals surface area contributed by atoms with Crippen LogP contribution >= 0.6 is 0 Å². The molecule has 1 aliphatic heterocycles. The van der Waals surface area contributed by atoms with Gasteiger partial charge in [0.15, 0.2) is 0 Å². The highest BCUT2D eigenvalue weighted by molar-refractivity contribution is 6.10. The van der Waals surface area contributed by atoms with Crippen LogP contribution in [0.1, 0.15) is 20.3 Å². The number of nitrogens with zero attached hydrogens (tertiary/aromatic N) is 2. The Hall–Kier alpha value is -2.83. The molecule has 0 bridgehead atoms. The fourth-order valence-electron chi connectivity index (χ4n) is 2.87. The van der Waals surface area contributed by atoms with Crippen LogP contribution in [0, 0.1) is 0 Å². The number of carbonyl (C=O) groups is 3. The summed E-state index contributed by atoms with van der Waals surface area (Å²) in [6, 6.07) is 6.97. The minimum atomic E-state index is -0.934. The molecule has 0 unspecified atom stereocenters. The number of aromatic nitrogens is 1. The first-order valence-electron chi connectivity index (χ1n) is 7.84. The molecule has 126 valence electrons. The molecule has 1 aromatic heterocycles. The van der Waals surface area contributed by atoms with E-state index in [1.54, 1.807) is 13.0 Å². The van der Waals surface area contributed by atoms with Crippen molar-refractivity contribution >= 4 is 34.4 Å². The second-order valence-corrected chi connectivity index (χ2v) is 6.22. The molecule has 1 atom stereocenters. The van der Waals surface area contributed by atoms with E-state index in [2.05, 4.69) is 10.6 Å². The highest BCUT2D eigenvalue weighted by Gasteiger charge is 2.46. The fourth-order valence-corrected chi connectivity index (χ4v) is 2.87. The van der Waals surface area contributed by atoms with E-state index in [0.717, 1.165) is 15.8 Å². The highest BCUT2D eigenvalue weighted by atomic mass is 16.2. The Labute approximate surface area is 139 Å². The summed E-state index contributed by atoms with van der Waals surface area (Å²) < 4.78 is 1.95. The van der Waals surface area contributed by atoms with Gasteiger partial charge in [-0.25, -0.2) is 4.79 Å². The number of amides is 4. The molecule has 0 spiro atoms. The predicted octanol–water partition coefficient (Wildman–Crippen LogP) is 1.84. The maximum absolute atomic E-state index is 12.3. The average Bonchev–Trinajstić information content (AvgIpc) is 3.02. The van der Waals surface area contributed by atoms with Gasteiger partial charge >= 0.3 is 6.03 Å². The van der Waals surface area contributed by atoms with Gasteiger partial charge in [0.2, 0.25) is 5.91 Å². The van der Waals surface area contributed by atoms with E-state index < -0.39 is 17.5 Å². The molecular weight excluding hydrogens is 308 g/mol. The van der Waals surface area contributed by atoms with Gasteiger partial charge in [-0.15, -0.1) is 0 Å². The van der Waals surface area contributed by atoms with Crippen molar-refractivity contribution in [3.8, 4) is 0 Å². The Balaban J connectivity index is 1.76. The van der Waals surface area contributed by atoms with Crippen LogP contribution < -0.4 is 10.6 Å². The molecule has 4 amide bonds. The number of anilines is 1. The third-order valence-corrected chi connectivity index (χ3v) is 4.56. The standard InChI is InChI=1S/C17H20N4O3/c1-4-17(2)15(23)21(16(24)19-17)10-14(22)18-12-6-5-7-13-11(12)8-9-20(13)3/h5-9H,4,10H2,1-3H3,(H,18,22)(H,19,24)/t17-/m1/s1. The number of rotatable bonds is 4. The van der Waals surface area contributed by atoms with Crippen LogP contribution in [0.15, 0.2) is 30.5 Å². The highest BCUT2D eigenvalue weighted by Crippen LogP contribution is 2.24. The van der Waals surface area contributed by atoms with Crippen LogP contribution in [0.3, 0.4) is 0 Å². The molecule has 0 radical (unpaired) electrons. The monoisotopic (exact) mass is 328 g/mol. The molecule has 1 aromatic carbocycles. The zero-order chi connectivity index (χ0) is 17.5. The average molecular weight is 328 g/mol. The van der Waals surface area contributed by atoms with Crippen molar-refractivity contribution in [2.45, 2.75) is 25.8 Å². The van der Waals surface area contributed by atoms with E-state index in [-0.39, 0.29) is 12.5 Å². The number of nitrogens with one attached hydrogen (secondary N) is 2. The Morgan fingerprint density at radius 2 is 2.04 bits per heavy atom. The molecule has 3 rings (SSSR count). The number of fused-ring (bicyclic) bond motifs is 1. The largest absolute Gasteiger partial charge is 0.350 e. The minimum absolute atomic E-state index is 0.302. The number of benzene rings is 1. The van der Waals surface area contributed by atoms with Gasteiger partial charge < -0.3 is 15.2 Å². The van der Waals surface area contributed by atoms with Crippen LogP contribution in [0.25, 0.3) is 10.9 Å². The maximum atomic E-state index is 12.3. The molecule has 2 N–H and O–H groups in total. The fraction of sp³-hybridized carbons (Fsp3) is 0.353. The van der Waals surface area contributed by atoms with Gasteiger partial charge in [-0.3, -0.25) is 14.5 Å². The Kier molecular flexibility index (Phi) is 3.79. The summed E-state index contributed by atoms with van der Waals surface area (Å²) in [5, 5.41) is 6.33. The Morgan fingerprint density at radius 3 is 2.71 bits per heavy atom. The Morgan fingerprint density at radius 1 is 1.29 bits per heavy atom. The molecule has 2 aromatic rings. The van der Waals surface area contributed by atoms with E-state index >= 15 is 0 Å². The smallest absolute Gasteiger partial charge is 0.325 e. The number of urea groups is 1. The molecule has 1 aliphatic rings. The first kappa shape index (κ1) is 16.0. The van der Waals surface area contributed by atoms with Crippen LogP contribution in [0.2, 0.25) is 0 Å². The molecule has 7 heteroatoms. The lowest BCUT2D eigenvalue weighted by atomic mass is 9.99. The van der Waals surface area contributed by atoms with E-state index in [0.29, 0.717) is 12.1 Å². The number of imide groups is 1. The van der Waals surface area contributed by atoms with E-state index in [4.69, 9.17) is 0 Å². The molecule has 24 heavy (non-hydrogen) atoms. The van der Waals surface area contributed by atoms with Gasteiger partial charge in [-0.05, 0) is 31.5 Å². The van der Waals surface area contributed by atoms with Gasteiger partial charge in [0.25, 0.3) is 5.91 Å². The van der Waals surface area contributed by atoms with Crippen molar-refractivity contribution < 1.29 is 14.4 Å². The summed E-state index contributed by atoms with van der Waals surface area (Å²) in [4.78, 5) is 37.6. The SMILES string of the molecule is CC[C@@]1(C)NC(=O)N(CC(=O)Nc2cccc3c2ccn3C)C1=O. The zero-order valence-corrected chi connectivity index (χ0v) is 13.9. The number of aryl methyl sites for hydroxylation is 1. The Bertz CT molecular complexity index is 841. The van der Waals surface area contributed by atoms with Gasteiger partial charge in [0.1, 0.15) is 12.1 Å². The lowest BCUT2D eigenvalue weighted by Crippen LogP contribution is -2.44. The quantitative estimate of drug-likeness (QED) is 0.840. The summed E-state index contributed by atoms with van der Waals surface area (Å²) in [5.74, 6) is -0.779. The lowest BCUT2D eigenvalue weighted by molar-refractivity contribution is -0.133. The summed E-state index contributed by atoms with van der Waals surface area (Å²) in [6.45, 7) is 3.18. The third kappa shape index (κ3) is 2.51. The topological polar surface area (TPSA) is 83.4 Å². The van der Waals surface area contributed by atoms with Crippen LogP contribution in [0.5, 0.6) is 0 Å². The van der Waals surface area contributed by atoms with Gasteiger partial charge in [0.05, 0.1) is 5.69 Å². The van der Waals surface area contributed by atoms with Gasteiger partial charge in [-0.1, -0.05) is 13.0 Å². The van der Waals surface area contributed by atoms with Crippen LogP contribution in [-0.2, 0) is 16.6 Å². The third-order valence-electron chi connectivity index (χ3n) is 4.56. The minimum Gasteiger partial charge on any atom is -0.350 e. The van der Waals surface area contributed by atoms with E-state index in [9.17, 15) is 14.4 Å². The van der Waals surface area contributed by atoms with Crippen molar-refractivity contribution in [3.05, 3.63) is 30.5 Å². The summed E-state index contributed by atoms with van der Waals surface area (Å²) in [5.41, 5.74) is 0.710. The molecule has 2 heterocycles. The lowest BCUT2D eigenvalue weighted by Gasteiger charge is -2.19. The summed E-state index contributed by atoms with van der Waals surface area (Å²) in [7, 11) is 1.92. The van der Waals surface area contributed by atoms with Crippen LogP contribution in [0.4, 0.5) is 10.5 Å².